The molecule has 4 nitrogen and oxygen atoms in total. The van der Waals surface area contributed by atoms with E-state index in [0.717, 1.165) is 17.3 Å². The monoisotopic (exact) mass is 257 g/mol. The summed E-state index contributed by atoms with van der Waals surface area (Å²) in [5.41, 5.74) is 1.41. The van der Waals surface area contributed by atoms with Crippen molar-refractivity contribution in [3.8, 4) is 0 Å². The Hall–Kier alpha value is -0.580. The highest BCUT2D eigenvalue weighted by Gasteiger charge is 2.46. The molecular formula is C12H20ClN3O. The van der Waals surface area contributed by atoms with Crippen LogP contribution >= 0.6 is 11.6 Å². The molecule has 1 aromatic heterocycles. The summed E-state index contributed by atoms with van der Waals surface area (Å²) >= 11 is 6.27. The van der Waals surface area contributed by atoms with Gasteiger partial charge in [-0.1, -0.05) is 18.5 Å². The van der Waals surface area contributed by atoms with Crippen LogP contribution in [0.25, 0.3) is 0 Å². The van der Waals surface area contributed by atoms with Crippen LogP contribution in [0.3, 0.4) is 0 Å². The number of hydrogen-bond donors (Lipinski definition) is 1. The third-order valence-corrected chi connectivity index (χ3v) is 3.93. The predicted molar refractivity (Wildman–Crippen MR) is 68.3 cm³/mol. The number of rotatable bonds is 6. The molecule has 0 amide bonds. The zero-order chi connectivity index (χ0) is 12.5. The van der Waals surface area contributed by atoms with E-state index < -0.39 is 0 Å². The molecule has 1 saturated carbocycles. The molecule has 2 rings (SSSR count). The fraction of sp³-hybridized carbons (Fsp3) is 0.750. The van der Waals surface area contributed by atoms with Crippen LogP contribution in [0.15, 0.2) is 6.20 Å². The maximum atomic E-state index is 6.27. The minimum Gasteiger partial charge on any atom is -0.383 e. The number of nitrogens with zero attached hydrogens (tertiary/aromatic N) is 2. The lowest BCUT2D eigenvalue weighted by Gasteiger charge is -2.24. The van der Waals surface area contributed by atoms with Crippen molar-refractivity contribution in [3.05, 3.63) is 16.9 Å². The van der Waals surface area contributed by atoms with Gasteiger partial charge in [-0.3, -0.25) is 4.68 Å². The minimum atomic E-state index is 0.273. The molecule has 1 atom stereocenters. The fourth-order valence-electron chi connectivity index (χ4n) is 2.32. The summed E-state index contributed by atoms with van der Waals surface area (Å²) in [7, 11) is 3.68. The van der Waals surface area contributed by atoms with Gasteiger partial charge in [0.2, 0.25) is 0 Å². The predicted octanol–water partition coefficient (Wildman–Crippen LogP) is 2.24. The summed E-state index contributed by atoms with van der Waals surface area (Å²) < 4.78 is 7.06. The van der Waals surface area contributed by atoms with Crippen LogP contribution < -0.4 is 5.32 Å². The van der Waals surface area contributed by atoms with Gasteiger partial charge in [-0.2, -0.15) is 5.10 Å². The lowest BCUT2D eigenvalue weighted by molar-refractivity contribution is 0.180. The highest BCUT2D eigenvalue weighted by Crippen LogP contribution is 2.55. The number of aromatic nitrogens is 2. The molecule has 1 N–H and O–H groups in total. The van der Waals surface area contributed by atoms with Crippen LogP contribution in [0.2, 0.25) is 5.02 Å². The first-order valence-electron chi connectivity index (χ1n) is 6.00. The van der Waals surface area contributed by atoms with Gasteiger partial charge in [0.05, 0.1) is 36.1 Å². The van der Waals surface area contributed by atoms with E-state index in [0.29, 0.717) is 12.0 Å². The number of hydrogen-bond acceptors (Lipinski definition) is 3. The molecular weight excluding hydrogens is 238 g/mol. The SMILES string of the molecule is CNC(c1c(Cl)cnn1CCOC)C1(C)CC1. The van der Waals surface area contributed by atoms with E-state index in [4.69, 9.17) is 16.3 Å². The molecule has 0 aliphatic heterocycles. The summed E-state index contributed by atoms with van der Waals surface area (Å²) in [5, 5.41) is 8.45. The van der Waals surface area contributed by atoms with Gasteiger partial charge in [0.15, 0.2) is 0 Å². The highest BCUT2D eigenvalue weighted by atomic mass is 35.5. The van der Waals surface area contributed by atoms with Gasteiger partial charge in [-0.25, -0.2) is 0 Å². The average Bonchev–Trinajstić information content (AvgIpc) is 2.95. The maximum Gasteiger partial charge on any atom is 0.0834 e. The molecule has 1 aromatic rings. The molecule has 0 radical (unpaired) electrons. The zero-order valence-corrected chi connectivity index (χ0v) is 11.4. The number of halogens is 1. The smallest absolute Gasteiger partial charge is 0.0834 e. The third-order valence-electron chi connectivity index (χ3n) is 3.64. The molecule has 0 spiro atoms. The van der Waals surface area contributed by atoms with Gasteiger partial charge in [-0.05, 0) is 25.3 Å². The van der Waals surface area contributed by atoms with Crippen LogP contribution in [-0.2, 0) is 11.3 Å². The van der Waals surface area contributed by atoms with Crippen molar-refractivity contribution in [1.82, 2.24) is 15.1 Å². The number of methoxy groups -OCH3 is 1. The van der Waals surface area contributed by atoms with Gasteiger partial charge in [0.1, 0.15) is 0 Å². The van der Waals surface area contributed by atoms with Gasteiger partial charge in [0, 0.05) is 7.11 Å². The number of ether oxygens (including phenoxy) is 1. The molecule has 0 aromatic carbocycles. The molecule has 1 unspecified atom stereocenters. The largest absolute Gasteiger partial charge is 0.383 e. The first-order valence-corrected chi connectivity index (χ1v) is 6.37. The lowest BCUT2D eigenvalue weighted by atomic mass is 9.96. The maximum absolute atomic E-state index is 6.27. The van der Waals surface area contributed by atoms with Crippen molar-refractivity contribution >= 4 is 11.6 Å². The van der Waals surface area contributed by atoms with Gasteiger partial charge < -0.3 is 10.1 Å². The Morgan fingerprint density at radius 3 is 2.88 bits per heavy atom. The highest BCUT2D eigenvalue weighted by molar-refractivity contribution is 6.31. The molecule has 5 heteroatoms. The van der Waals surface area contributed by atoms with Crippen molar-refractivity contribution < 1.29 is 4.74 Å². The molecule has 1 heterocycles. The van der Waals surface area contributed by atoms with Crippen LogP contribution in [0, 0.1) is 5.41 Å². The Morgan fingerprint density at radius 2 is 2.35 bits per heavy atom. The van der Waals surface area contributed by atoms with E-state index in [1.807, 2.05) is 11.7 Å². The van der Waals surface area contributed by atoms with E-state index in [2.05, 4.69) is 17.3 Å². The zero-order valence-electron chi connectivity index (χ0n) is 10.7. The lowest BCUT2D eigenvalue weighted by Crippen LogP contribution is -2.28. The molecule has 1 fully saturated rings. The van der Waals surface area contributed by atoms with Crippen molar-refractivity contribution in [1.29, 1.82) is 0 Å². The molecule has 0 bridgehead atoms. The van der Waals surface area contributed by atoms with Gasteiger partial charge in [-0.15, -0.1) is 0 Å². The van der Waals surface area contributed by atoms with Crippen molar-refractivity contribution in [3.63, 3.8) is 0 Å². The normalized spacial score (nSPS) is 19.3. The fourth-order valence-corrected chi connectivity index (χ4v) is 2.57. The summed E-state index contributed by atoms with van der Waals surface area (Å²) in [4.78, 5) is 0. The van der Waals surface area contributed by atoms with Crippen molar-refractivity contribution in [2.75, 3.05) is 20.8 Å². The molecule has 17 heavy (non-hydrogen) atoms. The topological polar surface area (TPSA) is 39.1 Å². The summed E-state index contributed by atoms with van der Waals surface area (Å²) in [6.07, 6.45) is 4.21. The van der Waals surface area contributed by atoms with Crippen molar-refractivity contribution in [2.45, 2.75) is 32.4 Å². The van der Waals surface area contributed by atoms with E-state index in [1.165, 1.54) is 12.8 Å². The van der Waals surface area contributed by atoms with Gasteiger partial charge >= 0.3 is 0 Å². The molecule has 0 saturated heterocycles. The standard InChI is InChI=1S/C12H20ClN3O/c1-12(4-5-12)11(14-2)10-9(13)8-15-16(10)6-7-17-3/h8,11,14H,4-7H2,1-3H3. The third kappa shape index (κ3) is 2.49. The van der Waals surface area contributed by atoms with Crippen LogP contribution in [-0.4, -0.2) is 30.5 Å². The first kappa shape index (κ1) is 12.9. The summed E-state index contributed by atoms with van der Waals surface area (Å²) in [5.74, 6) is 0. The Bertz CT molecular complexity index is 387. The van der Waals surface area contributed by atoms with Crippen LogP contribution in [0.1, 0.15) is 31.5 Å². The average molecular weight is 258 g/mol. The second-order valence-corrected chi connectivity index (χ2v) is 5.38. The molecule has 1 aliphatic rings. The second-order valence-electron chi connectivity index (χ2n) is 4.97. The van der Waals surface area contributed by atoms with Gasteiger partial charge in [0.25, 0.3) is 0 Å². The molecule has 1 aliphatic carbocycles. The minimum absolute atomic E-state index is 0.273. The second kappa shape index (κ2) is 4.96. The van der Waals surface area contributed by atoms with E-state index in [1.54, 1.807) is 13.3 Å². The summed E-state index contributed by atoms with van der Waals surface area (Å²) in [6.45, 7) is 3.68. The Morgan fingerprint density at radius 1 is 1.65 bits per heavy atom. The van der Waals surface area contributed by atoms with Crippen LogP contribution in [0.5, 0.6) is 0 Å². The Labute approximate surface area is 107 Å². The van der Waals surface area contributed by atoms with E-state index in [-0.39, 0.29) is 6.04 Å². The van der Waals surface area contributed by atoms with E-state index in [9.17, 15) is 0 Å². The number of nitrogens with one attached hydrogen (secondary N) is 1. The first-order chi connectivity index (χ1) is 8.12. The molecule has 96 valence electrons. The Balaban J connectivity index is 2.25. The quantitative estimate of drug-likeness (QED) is 0.850. The Kier molecular flexibility index (Phi) is 3.76. The van der Waals surface area contributed by atoms with Crippen molar-refractivity contribution in [2.24, 2.45) is 5.41 Å². The summed E-state index contributed by atoms with van der Waals surface area (Å²) in [6, 6.07) is 0.273. The van der Waals surface area contributed by atoms with Crippen LogP contribution in [0.4, 0.5) is 0 Å². The van der Waals surface area contributed by atoms with E-state index >= 15 is 0 Å².